The van der Waals surface area contributed by atoms with Crippen molar-refractivity contribution in [2.24, 2.45) is 0 Å². The molecule has 0 aliphatic carbocycles. The molecule has 0 spiro atoms. The van der Waals surface area contributed by atoms with Crippen molar-refractivity contribution in [1.82, 2.24) is 4.98 Å². The Labute approximate surface area is 134 Å². The minimum Gasteiger partial charge on any atom is -0.357 e. The number of fused-ring (bicyclic) bond motifs is 1. The third-order valence-electron chi connectivity index (χ3n) is 4.29. The van der Waals surface area contributed by atoms with Crippen LogP contribution in [0.4, 0.5) is 5.69 Å². The van der Waals surface area contributed by atoms with E-state index in [2.05, 4.69) is 31.1 Å². The van der Waals surface area contributed by atoms with Gasteiger partial charge in [-0.15, -0.1) is 11.3 Å². The van der Waals surface area contributed by atoms with Crippen molar-refractivity contribution < 1.29 is 4.79 Å². The quantitative estimate of drug-likeness (QED) is 0.685. The predicted molar refractivity (Wildman–Crippen MR) is 94.3 cm³/mol. The standard InChI is InChI=1S/C18H20N2OS/c1-9-6-7-14(8-10(9)2)20-18(21)15-13(5)22-17-11(3)12(4)19-16(15)17/h6-8,19H,1-5H3,(H,20,21). The molecule has 0 saturated heterocycles. The van der Waals surface area contributed by atoms with E-state index in [1.165, 1.54) is 21.4 Å². The summed E-state index contributed by atoms with van der Waals surface area (Å²) >= 11 is 1.68. The van der Waals surface area contributed by atoms with Gasteiger partial charge in [-0.25, -0.2) is 0 Å². The third kappa shape index (κ3) is 2.33. The highest BCUT2D eigenvalue weighted by atomic mass is 32.1. The van der Waals surface area contributed by atoms with Crippen molar-refractivity contribution in [1.29, 1.82) is 0 Å². The molecular weight excluding hydrogens is 292 g/mol. The summed E-state index contributed by atoms with van der Waals surface area (Å²) in [5, 5.41) is 3.02. The Balaban J connectivity index is 2.00. The summed E-state index contributed by atoms with van der Waals surface area (Å²) < 4.78 is 1.18. The van der Waals surface area contributed by atoms with E-state index in [4.69, 9.17) is 0 Å². The topological polar surface area (TPSA) is 44.9 Å². The smallest absolute Gasteiger partial charge is 0.258 e. The largest absolute Gasteiger partial charge is 0.357 e. The van der Waals surface area contributed by atoms with E-state index in [-0.39, 0.29) is 5.91 Å². The molecule has 0 atom stereocenters. The van der Waals surface area contributed by atoms with Crippen LogP contribution >= 0.6 is 11.3 Å². The zero-order chi connectivity index (χ0) is 16.0. The van der Waals surface area contributed by atoms with Crippen LogP contribution in [-0.4, -0.2) is 10.9 Å². The fraction of sp³-hybridized carbons (Fsp3) is 0.278. The highest BCUT2D eigenvalue weighted by Gasteiger charge is 2.20. The number of amides is 1. The predicted octanol–water partition coefficient (Wildman–Crippen LogP) is 5.02. The number of thiophene rings is 1. The van der Waals surface area contributed by atoms with Gasteiger partial charge in [0.15, 0.2) is 0 Å². The summed E-state index contributed by atoms with van der Waals surface area (Å²) in [6.45, 7) is 10.3. The van der Waals surface area contributed by atoms with E-state index in [1.807, 2.05) is 32.0 Å². The van der Waals surface area contributed by atoms with Crippen LogP contribution in [0.5, 0.6) is 0 Å². The van der Waals surface area contributed by atoms with Gasteiger partial charge < -0.3 is 10.3 Å². The van der Waals surface area contributed by atoms with Crippen LogP contribution in [0.1, 0.15) is 37.6 Å². The second kappa shape index (κ2) is 5.29. The lowest BCUT2D eigenvalue weighted by atomic mass is 10.1. The van der Waals surface area contributed by atoms with Gasteiger partial charge in [0.1, 0.15) is 0 Å². The highest BCUT2D eigenvalue weighted by molar-refractivity contribution is 7.19. The molecule has 114 valence electrons. The van der Waals surface area contributed by atoms with E-state index in [0.29, 0.717) is 0 Å². The molecule has 0 radical (unpaired) electrons. The summed E-state index contributed by atoms with van der Waals surface area (Å²) in [5.74, 6) is -0.0479. The number of H-pyrrole nitrogens is 1. The van der Waals surface area contributed by atoms with Crippen molar-refractivity contribution in [3.8, 4) is 0 Å². The molecular formula is C18H20N2OS. The maximum atomic E-state index is 12.7. The van der Waals surface area contributed by atoms with Crippen molar-refractivity contribution >= 4 is 33.1 Å². The maximum absolute atomic E-state index is 12.7. The molecule has 2 N–H and O–H groups in total. The molecule has 2 heterocycles. The number of carbonyl (C=O) groups excluding carboxylic acids is 1. The molecule has 2 aromatic heterocycles. The highest BCUT2D eigenvalue weighted by Crippen LogP contribution is 2.34. The Morgan fingerprint density at radius 3 is 2.50 bits per heavy atom. The first-order valence-corrected chi connectivity index (χ1v) is 8.17. The number of hydrogen-bond donors (Lipinski definition) is 2. The van der Waals surface area contributed by atoms with Gasteiger partial charge in [0.25, 0.3) is 5.91 Å². The monoisotopic (exact) mass is 312 g/mol. The van der Waals surface area contributed by atoms with Crippen molar-refractivity contribution in [3.63, 3.8) is 0 Å². The first-order valence-electron chi connectivity index (χ1n) is 7.35. The normalized spacial score (nSPS) is 11.1. The fourth-order valence-corrected chi connectivity index (χ4v) is 3.83. The summed E-state index contributed by atoms with van der Waals surface area (Å²) in [6.07, 6.45) is 0. The molecule has 4 heteroatoms. The number of nitrogens with one attached hydrogen (secondary N) is 2. The summed E-state index contributed by atoms with van der Waals surface area (Å²) in [4.78, 5) is 17.1. The van der Waals surface area contributed by atoms with Crippen molar-refractivity contribution in [2.75, 3.05) is 5.32 Å². The van der Waals surface area contributed by atoms with Gasteiger partial charge in [-0.3, -0.25) is 4.79 Å². The van der Waals surface area contributed by atoms with Crippen LogP contribution in [0.2, 0.25) is 0 Å². The van der Waals surface area contributed by atoms with E-state index in [9.17, 15) is 4.79 Å². The molecule has 0 saturated carbocycles. The number of rotatable bonds is 2. The average molecular weight is 312 g/mol. The molecule has 1 aromatic carbocycles. The van der Waals surface area contributed by atoms with E-state index in [0.717, 1.165) is 27.3 Å². The Kier molecular flexibility index (Phi) is 3.57. The SMILES string of the molecule is Cc1ccc(NC(=O)c2c(C)sc3c(C)c(C)[nH]c23)cc1C. The fourth-order valence-electron chi connectivity index (χ4n) is 2.67. The average Bonchev–Trinajstić information content (AvgIpc) is 2.90. The molecule has 0 unspecified atom stereocenters. The Morgan fingerprint density at radius 1 is 1.09 bits per heavy atom. The van der Waals surface area contributed by atoms with Crippen LogP contribution in [0.25, 0.3) is 10.2 Å². The number of hydrogen-bond acceptors (Lipinski definition) is 2. The van der Waals surface area contributed by atoms with Crippen LogP contribution in [0, 0.1) is 34.6 Å². The lowest BCUT2D eigenvalue weighted by molar-refractivity contribution is 0.102. The van der Waals surface area contributed by atoms with Gasteiger partial charge >= 0.3 is 0 Å². The van der Waals surface area contributed by atoms with E-state index < -0.39 is 0 Å². The van der Waals surface area contributed by atoms with Gasteiger partial charge in [0, 0.05) is 16.3 Å². The van der Waals surface area contributed by atoms with E-state index >= 15 is 0 Å². The molecule has 0 aliphatic heterocycles. The first kappa shape index (κ1) is 14.9. The molecule has 3 aromatic rings. The molecule has 3 rings (SSSR count). The lowest BCUT2D eigenvalue weighted by Gasteiger charge is -2.07. The minimum absolute atomic E-state index is 0.0479. The van der Waals surface area contributed by atoms with E-state index in [1.54, 1.807) is 11.3 Å². The lowest BCUT2D eigenvalue weighted by Crippen LogP contribution is -2.12. The second-order valence-electron chi connectivity index (χ2n) is 5.87. The molecule has 22 heavy (non-hydrogen) atoms. The molecule has 3 nitrogen and oxygen atoms in total. The van der Waals surface area contributed by atoms with Gasteiger partial charge in [-0.1, -0.05) is 6.07 Å². The molecule has 0 fully saturated rings. The third-order valence-corrected chi connectivity index (χ3v) is 5.52. The molecule has 0 bridgehead atoms. The van der Waals surface area contributed by atoms with Crippen molar-refractivity contribution in [2.45, 2.75) is 34.6 Å². The summed E-state index contributed by atoms with van der Waals surface area (Å²) in [5.41, 5.74) is 7.31. The number of anilines is 1. The Bertz CT molecular complexity index is 886. The Morgan fingerprint density at radius 2 is 1.82 bits per heavy atom. The number of aromatic amines is 1. The van der Waals surface area contributed by atoms with Crippen LogP contribution < -0.4 is 5.32 Å². The summed E-state index contributed by atoms with van der Waals surface area (Å²) in [7, 11) is 0. The van der Waals surface area contributed by atoms with Crippen molar-refractivity contribution in [3.05, 3.63) is 51.0 Å². The van der Waals surface area contributed by atoms with Crippen LogP contribution in [-0.2, 0) is 0 Å². The van der Waals surface area contributed by atoms with Gasteiger partial charge in [-0.05, 0) is 63.4 Å². The molecule has 0 aliphatic rings. The maximum Gasteiger partial charge on any atom is 0.258 e. The molecule has 1 amide bonds. The number of benzene rings is 1. The van der Waals surface area contributed by atoms with Gasteiger partial charge in [0.2, 0.25) is 0 Å². The van der Waals surface area contributed by atoms with Crippen LogP contribution in [0.3, 0.4) is 0 Å². The van der Waals surface area contributed by atoms with Crippen LogP contribution in [0.15, 0.2) is 18.2 Å². The number of aromatic nitrogens is 1. The first-order chi connectivity index (χ1) is 10.4. The number of aryl methyl sites for hydroxylation is 5. The number of carbonyl (C=O) groups is 1. The Hall–Kier alpha value is -2.07. The second-order valence-corrected chi connectivity index (χ2v) is 7.09. The zero-order valence-corrected chi connectivity index (χ0v) is 14.4. The van der Waals surface area contributed by atoms with Gasteiger partial charge in [-0.2, -0.15) is 0 Å². The zero-order valence-electron chi connectivity index (χ0n) is 13.5. The minimum atomic E-state index is -0.0479. The van der Waals surface area contributed by atoms with Gasteiger partial charge in [0.05, 0.1) is 15.8 Å². The summed E-state index contributed by atoms with van der Waals surface area (Å²) in [6, 6.07) is 5.99.